The van der Waals surface area contributed by atoms with Crippen molar-refractivity contribution in [2.75, 3.05) is 4.90 Å². The van der Waals surface area contributed by atoms with Crippen LogP contribution in [0.5, 0.6) is 0 Å². The Hall–Kier alpha value is -3.00. The van der Waals surface area contributed by atoms with E-state index in [1.165, 1.54) is 4.90 Å². The maximum atomic E-state index is 12.8. The number of hydrogen-bond acceptors (Lipinski definition) is 4. The summed E-state index contributed by atoms with van der Waals surface area (Å²) >= 11 is 3.44. The molecule has 8 heteroatoms. The number of anilines is 1. The number of nitrogens with zero attached hydrogens (tertiary/aromatic N) is 4. The van der Waals surface area contributed by atoms with Crippen molar-refractivity contribution in [2.24, 2.45) is 11.8 Å². The summed E-state index contributed by atoms with van der Waals surface area (Å²) in [5, 5.41) is 5.41. The summed E-state index contributed by atoms with van der Waals surface area (Å²) < 4.78 is 2.22. The van der Waals surface area contributed by atoms with Gasteiger partial charge in [0.2, 0.25) is 11.8 Å². The lowest BCUT2D eigenvalue weighted by molar-refractivity contribution is -0.122. The molecule has 1 saturated heterocycles. The van der Waals surface area contributed by atoms with E-state index in [0.717, 1.165) is 16.7 Å². The van der Waals surface area contributed by atoms with Crippen molar-refractivity contribution in [2.45, 2.75) is 0 Å². The molecule has 1 aliphatic heterocycles. The Labute approximate surface area is 156 Å². The number of fused-ring (bicyclic) bond motifs is 2. The Morgan fingerprint density at radius 2 is 1.81 bits per heavy atom. The van der Waals surface area contributed by atoms with Crippen LogP contribution in [-0.4, -0.2) is 31.6 Å². The quantitative estimate of drug-likeness (QED) is 0.659. The van der Waals surface area contributed by atoms with E-state index in [-0.39, 0.29) is 11.8 Å². The molecule has 0 bridgehead atoms. The number of aromatic nitrogens is 4. The average Bonchev–Trinajstić information content (AvgIpc) is 3.33. The van der Waals surface area contributed by atoms with Crippen LogP contribution < -0.4 is 4.90 Å². The molecule has 7 nitrogen and oxygen atoms in total. The van der Waals surface area contributed by atoms with Crippen LogP contribution in [0.1, 0.15) is 0 Å². The third-order valence-electron chi connectivity index (χ3n) is 4.69. The van der Waals surface area contributed by atoms with Crippen LogP contribution in [0.2, 0.25) is 0 Å². The first-order valence-electron chi connectivity index (χ1n) is 8.05. The minimum absolute atomic E-state index is 0.256. The normalized spacial score (nSPS) is 21.8. The third-order valence-corrected chi connectivity index (χ3v) is 5.25. The average molecular weight is 410 g/mol. The number of allylic oxidation sites excluding steroid dienone is 2. The van der Waals surface area contributed by atoms with Crippen molar-refractivity contribution in [1.29, 1.82) is 0 Å². The first-order chi connectivity index (χ1) is 12.6. The fourth-order valence-electron chi connectivity index (χ4n) is 3.46. The monoisotopic (exact) mass is 409 g/mol. The largest absolute Gasteiger partial charge is 0.346 e. The first kappa shape index (κ1) is 15.3. The van der Waals surface area contributed by atoms with Gasteiger partial charge in [0.15, 0.2) is 5.82 Å². The molecule has 2 atom stereocenters. The Kier molecular flexibility index (Phi) is 3.23. The number of carbonyl (C=O) groups is 2. The molecule has 4 heterocycles. The maximum absolute atomic E-state index is 12.8. The van der Waals surface area contributed by atoms with E-state index in [4.69, 9.17) is 0 Å². The number of nitrogens with one attached hydrogen (secondary N) is 1. The number of aromatic amines is 1. The van der Waals surface area contributed by atoms with Gasteiger partial charge in [0.1, 0.15) is 5.65 Å². The summed E-state index contributed by atoms with van der Waals surface area (Å²) in [6.07, 6.45) is 12.3. The van der Waals surface area contributed by atoms with Crippen molar-refractivity contribution in [1.82, 2.24) is 19.7 Å². The summed E-state index contributed by atoms with van der Waals surface area (Å²) in [7, 11) is 0. The van der Waals surface area contributed by atoms with Crippen molar-refractivity contribution in [3.63, 3.8) is 0 Å². The van der Waals surface area contributed by atoms with Crippen molar-refractivity contribution < 1.29 is 9.59 Å². The van der Waals surface area contributed by atoms with Gasteiger partial charge in [0, 0.05) is 24.0 Å². The van der Waals surface area contributed by atoms with E-state index in [9.17, 15) is 9.59 Å². The van der Waals surface area contributed by atoms with Gasteiger partial charge in [-0.1, -0.05) is 24.3 Å². The molecule has 2 unspecified atom stereocenters. The highest BCUT2D eigenvalue weighted by Crippen LogP contribution is 2.37. The highest BCUT2D eigenvalue weighted by Gasteiger charge is 2.47. The summed E-state index contributed by atoms with van der Waals surface area (Å²) in [4.78, 5) is 34.0. The molecule has 3 aromatic heterocycles. The van der Waals surface area contributed by atoms with Crippen LogP contribution in [0.25, 0.3) is 16.7 Å². The van der Waals surface area contributed by atoms with Gasteiger partial charge in [-0.05, 0) is 28.1 Å². The zero-order valence-corrected chi connectivity index (χ0v) is 14.9. The van der Waals surface area contributed by atoms with Gasteiger partial charge in [-0.2, -0.15) is 0 Å². The highest BCUT2D eigenvalue weighted by molar-refractivity contribution is 9.10. The minimum atomic E-state index is -0.457. The third kappa shape index (κ3) is 2.05. The van der Waals surface area contributed by atoms with Gasteiger partial charge >= 0.3 is 0 Å². The standard InChI is InChI=1S/C18H12BrN5O2/c19-13-9-23(14-6-8-21-15-12(14)5-7-20-15)22-16(13)24-17(25)10-3-1-2-4-11(10)18(24)26/h1-11H,(H,20,21). The number of halogens is 1. The molecule has 0 aromatic carbocycles. The molecule has 0 radical (unpaired) electrons. The smallest absolute Gasteiger partial charge is 0.243 e. The van der Waals surface area contributed by atoms with E-state index in [0.29, 0.717) is 10.3 Å². The highest BCUT2D eigenvalue weighted by atomic mass is 79.9. The summed E-state index contributed by atoms with van der Waals surface area (Å²) in [6.45, 7) is 0. The second-order valence-electron chi connectivity index (χ2n) is 6.15. The van der Waals surface area contributed by atoms with Gasteiger partial charge < -0.3 is 4.98 Å². The van der Waals surface area contributed by atoms with Crippen LogP contribution in [0.3, 0.4) is 0 Å². The van der Waals surface area contributed by atoms with Gasteiger partial charge in [-0.3, -0.25) is 9.59 Å². The number of imide groups is 1. The molecule has 0 saturated carbocycles. The minimum Gasteiger partial charge on any atom is -0.346 e. The molecule has 1 aliphatic carbocycles. The van der Waals surface area contributed by atoms with Crippen molar-refractivity contribution >= 4 is 44.6 Å². The number of hydrogen-bond donors (Lipinski definition) is 1. The molecule has 1 N–H and O–H groups in total. The first-order valence-corrected chi connectivity index (χ1v) is 8.85. The maximum Gasteiger partial charge on any atom is 0.243 e. The molecule has 5 rings (SSSR count). The fourth-order valence-corrected chi connectivity index (χ4v) is 3.91. The molecule has 128 valence electrons. The van der Waals surface area contributed by atoms with Crippen LogP contribution in [-0.2, 0) is 9.59 Å². The zero-order chi connectivity index (χ0) is 17.8. The Balaban J connectivity index is 1.61. The molecular weight excluding hydrogens is 398 g/mol. The Morgan fingerprint density at radius 1 is 1.08 bits per heavy atom. The lowest BCUT2D eigenvalue weighted by Gasteiger charge is -2.11. The lowest BCUT2D eigenvalue weighted by Crippen LogP contribution is -2.31. The summed E-state index contributed by atoms with van der Waals surface area (Å²) in [5.41, 5.74) is 1.55. The predicted molar refractivity (Wildman–Crippen MR) is 98.7 cm³/mol. The molecule has 2 amide bonds. The number of amides is 2. The molecule has 1 fully saturated rings. The van der Waals surface area contributed by atoms with E-state index in [1.54, 1.807) is 47.6 Å². The number of H-pyrrole nitrogens is 1. The van der Waals surface area contributed by atoms with E-state index in [2.05, 4.69) is 31.0 Å². The van der Waals surface area contributed by atoms with Gasteiger partial charge in [0.25, 0.3) is 0 Å². The Bertz CT molecular complexity index is 1100. The van der Waals surface area contributed by atoms with Crippen molar-refractivity contribution in [3.05, 3.63) is 59.5 Å². The number of rotatable bonds is 2. The van der Waals surface area contributed by atoms with E-state index >= 15 is 0 Å². The van der Waals surface area contributed by atoms with Crippen LogP contribution in [0, 0.1) is 11.8 Å². The second kappa shape index (κ2) is 5.50. The molecule has 2 aliphatic rings. The topological polar surface area (TPSA) is 83.9 Å². The van der Waals surface area contributed by atoms with Crippen molar-refractivity contribution in [3.8, 4) is 5.69 Å². The van der Waals surface area contributed by atoms with Crippen LogP contribution >= 0.6 is 15.9 Å². The van der Waals surface area contributed by atoms with Crippen LogP contribution in [0.15, 0.2) is 59.5 Å². The summed E-state index contributed by atoms with van der Waals surface area (Å²) in [5.74, 6) is -1.12. The van der Waals surface area contributed by atoms with Gasteiger partial charge in [-0.25, -0.2) is 14.6 Å². The molecular formula is C18H12BrN5O2. The fraction of sp³-hybridized carbons (Fsp3) is 0.111. The second-order valence-corrected chi connectivity index (χ2v) is 7.00. The number of pyridine rings is 1. The number of carbonyl (C=O) groups excluding carboxylic acids is 2. The predicted octanol–water partition coefficient (Wildman–Crippen LogP) is 2.74. The zero-order valence-electron chi connectivity index (χ0n) is 13.3. The molecule has 0 spiro atoms. The van der Waals surface area contributed by atoms with E-state index in [1.807, 2.05) is 12.1 Å². The van der Waals surface area contributed by atoms with E-state index < -0.39 is 11.8 Å². The van der Waals surface area contributed by atoms with Gasteiger partial charge in [0.05, 0.1) is 22.0 Å². The van der Waals surface area contributed by atoms with Crippen LogP contribution in [0.4, 0.5) is 5.82 Å². The lowest BCUT2D eigenvalue weighted by atomic mass is 9.91. The summed E-state index contributed by atoms with van der Waals surface area (Å²) in [6, 6.07) is 3.74. The van der Waals surface area contributed by atoms with Gasteiger partial charge in [-0.15, -0.1) is 5.10 Å². The SMILES string of the molecule is O=C1C2C=CC=CC2C(=O)N1c1nn(-c2ccnc3[nH]ccc23)cc1Br. The molecule has 3 aromatic rings. The Morgan fingerprint density at radius 3 is 2.54 bits per heavy atom. The molecule has 26 heavy (non-hydrogen) atoms.